The van der Waals surface area contributed by atoms with Gasteiger partial charge in [-0.15, -0.1) is 0 Å². The van der Waals surface area contributed by atoms with Crippen LogP contribution in [-0.4, -0.2) is 16.1 Å². The molecule has 0 saturated carbocycles. The van der Waals surface area contributed by atoms with Gasteiger partial charge in [-0.1, -0.05) is 23.7 Å². The normalized spacial score (nSPS) is 18.9. The summed E-state index contributed by atoms with van der Waals surface area (Å²) >= 11 is 5.90. The number of aromatic nitrogens is 2. The zero-order chi connectivity index (χ0) is 13.1. The number of rotatable bonds is 4. The highest BCUT2D eigenvalue weighted by molar-refractivity contribution is 6.30. The molecule has 1 atom stereocenters. The topological polar surface area (TPSA) is 29.9 Å². The molecule has 0 aliphatic carbocycles. The van der Waals surface area contributed by atoms with E-state index in [9.17, 15) is 0 Å². The van der Waals surface area contributed by atoms with Crippen molar-refractivity contribution in [3.63, 3.8) is 0 Å². The summed E-state index contributed by atoms with van der Waals surface area (Å²) in [5, 5.41) is 4.32. The average Bonchev–Trinajstić information content (AvgIpc) is 3.08. The Kier molecular flexibility index (Phi) is 3.85. The Balaban J connectivity index is 1.66. The molecule has 0 radical (unpaired) electrons. The molecule has 1 aromatic carbocycles. The Morgan fingerprint density at radius 1 is 1.32 bits per heavy atom. The van der Waals surface area contributed by atoms with Gasteiger partial charge in [0.2, 0.25) is 0 Å². The molecule has 4 heteroatoms. The van der Waals surface area contributed by atoms with Gasteiger partial charge >= 0.3 is 0 Å². The van der Waals surface area contributed by atoms with Crippen LogP contribution in [0.4, 0.5) is 0 Å². The third kappa shape index (κ3) is 2.99. The molecule has 0 bridgehead atoms. The van der Waals surface area contributed by atoms with E-state index in [1.165, 1.54) is 24.1 Å². The molecule has 100 valence electrons. The Morgan fingerprint density at radius 2 is 2.16 bits per heavy atom. The minimum Gasteiger partial charge on any atom is -0.333 e. The van der Waals surface area contributed by atoms with Gasteiger partial charge < -0.3 is 9.88 Å². The number of nitrogens with one attached hydrogen (secondary N) is 1. The van der Waals surface area contributed by atoms with Crippen molar-refractivity contribution in [1.29, 1.82) is 0 Å². The molecule has 3 rings (SSSR count). The standard InChI is InChI=1S/C15H18ClN3/c16-13-5-3-12(4-6-13)7-9-19-11-17-10-15(19)14-2-1-8-18-14/h3-6,10-11,14,18H,1-2,7-9H2. The van der Waals surface area contributed by atoms with E-state index in [-0.39, 0.29) is 0 Å². The number of hydrogen-bond donors (Lipinski definition) is 1. The van der Waals surface area contributed by atoms with E-state index < -0.39 is 0 Å². The minimum atomic E-state index is 0.479. The first-order valence-corrected chi connectivity index (χ1v) is 7.18. The Hall–Kier alpha value is -1.32. The van der Waals surface area contributed by atoms with E-state index in [2.05, 4.69) is 27.0 Å². The maximum Gasteiger partial charge on any atom is 0.0948 e. The summed E-state index contributed by atoms with van der Waals surface area (Å²) in [5.74, 6) is 0. The lowest BCUT2D eigenvalue weighted by atomic mass is 10.1. The Labute approximate surface area is 118 Å². The van der Waals surface area contributed by atoms with Gasteiger partial charge in [0, 0.05) is 23.8 Å². The average molecular weight is 276 g/mol. The SMILES string of the molecule is Clc1ccc(CCn2cncc2C2CCCN2)cc1. The molecule has 2 heterocycles. The molecule has 1 aliphatic rings. The fraction of sp³-hybridized carbons (Fsp3) is 0.400. The summed E-state index contributed by atoms with van der Waals surface area (Å²) in [5.41, 5.74) is 2.62. The lowest BCUT2D eigenvalue weighted by Crippen LogP contribution is -2.17. The predicted molar refractivity (Wildman–Crippen MR) is 77.4 cm³/mol. The quantitative estimate of drug-likeness (QED) is 0.929. The minimum absolute atomic E-state index is 0.479. The summed E-state index contributed by atoms with van der Waals surface area (Å²) < 4.78 is 2.26. The van der Waals surface area contributed by atoms with Gasteiger partial charge in [0.05, 0.1) is 12.0 Å². The van der Waals surface area contributed by atoms with Crippen LogP contribution in [0.1, 0.15) is 30.1 Å². The first kappa shape index (κ1) is 12.7. The van der Waals surface area contributed by atoms with Crippen molar-refractivity contribution >= 4 is 11.6 Å². The predicted octanol–water partition coefficient (Wildman–Crippen LogP) is 3.20. The first-order valence-electron chi connectivity index (χ1n) is 6.81. The van der Waals surface area contributed by atoms with Crippen molar-refractivity contribution in [2.24, 2.45) is 0 Å². The van der Waals surface area contributed by atoms with Crippen LogP contribution < -0.4 is 5.32 Å². The molecule has 0 spiro atoms. The van der Waals surface area contributed by atoms with Gasteiger partial charge in [-0.2, -0.15) is 0 Å². The Morgan fingerprint density at radius 3 is 2.89 bits per heavy atom. The number of nitrogens with zero attached hydrogens (tertiary/aromatic N) is 2. The highest BCUT2D eigenvalue weighted by Crippen LogP contribution is 2.22. The molecule has 1 unspecified atom stereocenters. The highest BCUT2D eigenvalue weighted by Gasteiger charge is 2.19. The molecule has 19 heavy (non-hydrogen) atoms. The van der Waals surface area contributed by atoms with E-state index in [0.29, 0.717) is 6.04 Å². The van der Waals surface area contributed by atoms with E-state index in [1.807, 2.05) is 24.7 Å². The van der Waals surface area contributed by atoms with Crippen molar-refractivity contribution in [3.05, 3.63) is 53.1 Å². The second kappa shape index (κ2) is 5.76. The zero-order valence-electron chi connectivity index (χ0n) is 10.8. The fourth-order valence-electron chi connectivity index (χ4n) is 2.65. The largest absolute Gasteiger partial charge is 0.333 e. The molecule has 2 aromatic rings. The Bertz CT molecular complexity index is 527. The smallest absolute Gasteiger partial charge is 0.0948 e. The summed E-state index contributed by atoms with van der Waals surface area (Å²) in [4.78, 5) is 4.29. The van der Waals surface area contributed by atoms with Crippen molar-refractivity contribution in [2.45, 2.75) is 31.8 Å². The van der Waals surface area contributed by atoms with E-state index in [1.54, 1.807) is 0 Å². The molecule has 1 N–H and O–H groups in total. The van der Waals surface area contributed by atoms with E-state index in [4.69, 9.17) is 11.6 Å². The summed E-state index contributed by atoms with van der Waals surface area (Å²) in [6, 6.07) is 8.56. The lowest BCUT2D eigenvalue weighted by Gasteiger charge is -2.13. The van der Waals surface area contributed by atoms with Gasteiger partial charge in [0.15, 0.2) is 0 Å². The number of halogens is 1. The lowest BCUT2D eigenvalue weighted by molar-refractivity contribution is 0.563. The van der Waals surface area contributed by atoms with Crippen LogP contribution in [0.25, 0.3) is 0 Å². The number of imidazole rings is 1. The van der Waals surface area contributed by atoms with Crippen molar-refractivity contribution in [1.82, 2.24) is 14.9 Å². The molecule has 1 fully saturated rings. The molecule has 1 aliphatic heterocycles. The number of hydrogen-bond acceptors (Lipinski definition) is 2. The monoisotopic (exact) mass is 275 g/mol. The number of aryl methyl sites for hydroxylation is 2. The maximum atomic E-state index is 5.90. The van der Waals surface area contributed by atoms with Crippen LogP contribution in [0.5, 0.6) is 0 Å². The van der Waals surface area contributed by atoms with E-state index >= 15 is 0 Å². The van der Waals surface area contributed by atoms with Crippen LogP contribution in [0, 0.1) is 0 Å². The second-order valence-electron chi connectivity index (χ2n) is 5.04. The first-order chi connectivity index (χ1) is 9.33. The summed E-state index contributed by atoms with van der Waals surface area (Å²) in [6.07, 6.45) is 7.41. The van der Waals surface area contributed by atoms with Gasteiger partial charge in [0.25, 0.3) is 0 Å². The third-order valence-corrected chi connectivity index (χ3v) is 3.97. The van der Waals surface area contributed by atoms with Gasteiger partial charge in [-0.25, -0.2) is 4.98 Å². The van der Waals surface area contributed by atoms with Crippen molar-refractivity contribution < 1.29 is 0 Å². The molecule has 1 aromatic heterocycles. The van der Waals surface area contributed by atoms with Crippen molar-refractivity contribution in [2.75, 3.05) is 6.54 Å². The summed E-state index contributed by atoms with van der Waals surface area (Å²) in [6.45, 7) is 2.09. The number of benzene rings is 1. The van der Waals surface area contributed by atoms with Gasteiger partial charge in [0.1, 0.15) is 0 Å². The maximum absolute atomic E-state index is 5.90. The van der Waals surface area contributed by atoms with E-state index in [0.717, 1.165) is 24.5 Å². The molecule has 1 saturated heterocycles. The van der Waals surface area contributed by atoms with Crippen LogP contribution in [0.2, 0.25) is 5.02 Å². The van der Waals surface area contributed by atoms with Crippen LogP contribution >= 0.6 is 11.6 Å². The summed E-state index contributed by atoms with van der Waals surface area (Å²) in [7, 11) is 0. The molecule has 3 nitrogen and oxygen atoms in total. The second-order valence-corrected chi connectivity index (χ2v) is 5.47. The zero-order valence-corrected chi connectivity index (χ0v) is 11.6. The van der Waals surface area contributed by atoms with Gasteiger partial charge in [-0.3, -0.25) is 0 Å². The molecular formula is C15H18ClN3. The molecule has 0 amide bonds. The van der Waals surface area contributed by atoms with Crippen molar-refractivity contribution in [3.8, 4) is 0 Å². The highest BCUT2D eigenvalue weighted by atomic mass is 35.5. The third-order valence-electron chi connectivity index (χ3n) is 3.72. The fourth-order valence-corrected chi connectivity index (χ4v) is 2.77. The van der Waals surface area contributed by atoms with Crippen LogP contribution in [-0.2, 0) is 13.0 Å². The van der Waals surface area contributed by atoms with Gasteiger partial charge in [-0.05, 0) is 43.5 Å². The van der Waals surface area contributed by atoms with Crippen LogP contribution in [0.15, 0.2) is 36.8 Å². The molecular weight excluding hydrogens is 258 g/mol. The van der Waals surface area contributed by atoms with Crippen LogP contribution in [0.3, 0.4) is 0 Å².